The minimum absolute atomic E-state index is 0.148. The Bertz CT molecular complexity index is 4350. The molecule has 392 valence electrons. The van der Waals surface area contributed by atoms with Crippen LogP contribution < -0.4 is 15.9 Å². The molecule has 0 unspecified atom stereocenters. The Hall–Kier alpha value is -9.60. The Labute approximate surface area is 479 Å². The number of nitrogens with zero attached hydrogens (tertiary/aromatic N) is 3. The maximum atomic E-state index is 15.4. The van der Waals surface area contributed by atoms with Crippen molar-refractivity contribution >= 4 is 44.6 Å². The molecule has 1 saturated carbocycles. The Morgan fingerprint density at radius 3 is 1.07 bits per heavy atom. The second-order valence-electron chi connectivity index (χ2n) is 21.6. The molecule has 0 bridgehead atoms. The second kappa shape index (κ2) is 21.8. The molecule has 0 radical (unpaired) electrons. The van der Waals surface area contributed by atoms with Crippen molar-refractivity contribution in [1.82, 2.24) is 15.0 Å². The molecule has 13 aromatic rings. The molecule has 1 heterocycles. The van der Waals surface area contributed by atoms with E-state index in [1.165, 1.54) is 74.2 Å². The largest absolute Gasteiger partial charge is 0.309 e. The molecule has 0 N–H and O–H groups in total. The molecular weight excluding hydrogens is 1010 g/mol. The lowest BCUT2D eigenvalue weighted by Crippen LogP contribution is -2.30. The standard InChI is InChI=1S/C77H58N3OP/c81-82(63-26-10-3-11-27-63,64-28-12-4-13-29-64)65-50-44-58(45-51-65)73-69-33-17-15-31-67(69)72(68-32-16-18-34-70(68)73)57-40-46-61(47-41-57)77(52-20-5-21-53-77)62-48-42-60(43-49-62)75-78-74(59-38-36-55(37-39-59)54-22-6-1-7-23-54)79-76(80-75)71-35-19-14-30-66(71)56-24-8-2-9-25-56/h1-4,6-19,22-51H,5,20-21,52-53H2. The van der Waals surface area contributed by atoms with Crippen molar-refractivity contribution in [2.24, 2.45) is 0 Å². The average Bonchev–Trinajstić information content (AvgIpc) is 3.37. The molecule has 5 heteroatoms. The van der Waals surface area contributed by atoms with Gasteiger partial charge in [0.2, 0.25) is 0 Å². The Balaban J connectivity index is 0.821. The summed E-state index contributed by atoms with van der Waals surface area (Å²) in [5, 5.41) is 7.25. The molecular formula is C77H58N3OP. The molecule has 0 atom stereocenters. The Morgan fingerprint density at radius 1 is 0.268 bits per heavy atom. The number of hydrogen-bond acceptors (Lipinski definition) is 4. The third-order valence-electron chi connectivity index (χ3n) is 17.0. The molecule has 1 aliphatic carbocycles. The maximum Gasteiger partial charge on any atom is 0.171 e. The van der Waals surface area contributed by atoms with Gasteiger partial charge in [0.1, 0.15) is 0 Å². The summed E-state index contributed by atoms with van der Waals surface area (Å²) in [4.78, 5) is 15.7. The van der Waals surface area contributed by atoms with Crippen LogP contribution in [0, 0.1) is 0 Å². The van der Waals surface area contributed by atoms with Gasteiger partial charge in [-0.3, -0.25) is 0 Å². The summed E-state index contributed by atoms with van der Waals surface area (Å²) in [5.74, 6) is 1.91. The molecule has 0 spiro atoms. The van der Waals surface area contributed by atoms with Crippen LogP contribution in [0.5, 0.6) is 0 Å². The van der Waals surface area contributed by atoms with Crippen molar-refractivity contribution in [2.75, 3.05) is 0 Å². The van der Waals surface area contributed by atoms with Crippen LogP contribution in [-0.2, 0) is 9.98 Å². The number of benzene rings is 12. The summed E-state index contributed by atoms with van der Waals surface area (Å²) in [6.45, 7) is 0. The van der Waals surface area contributed by atoms with Crippen molar-refractivity contribution in [3.05, 3.63) is 302 Å². The minimum Gasteiger partial charge on any atom is -0.309 e. The van der Waals surface area contributed by atoms with Crippen LogP contribution in [0.3, 0.4) is 0 Å². The quantitative estimate of drug-likeness (QED) is 0.0904. The van der Waals surface area contributed by atoms with Crippen LogP contribution in [0.4, 0.5) is 0 Å². The van der Waals surface area contributed by atoms with E-state index in [2.05, 4.69) is 218 Å². The lowest BCUT2D eigenvalue weighted by molar-refractivity contribution is 0.346. The van der Waals surface area contributed by atoms with Crippen LogP contribution in [0.1, 0.15) is 43.2 Å². The van der Waals surface area contributed by atoms with E-state index < -0.39 is 7.14 Å². The van der Waals surface area contributed by atoms with Gasteiger partial charge in [0.15, 0.2) is 24.6 Å². The summed E-state index contributed by atoms with van der Waals surface area (Å²) >= 11 is 0. The zero-order valence-electron chi connectivity index (χ0n) is 45.4. The van der Waals surface area contributed by atoms with Gasteiger partial charge in [-0.1, -0.05) is 310 Å². The Morgan fingerprint density at radius 2 is 0.598 bits per heavy atom. The summed E-state index contributed by atoms with van der Waals surface area (Å²) < 4.78 is 15.4. The van der Waals surface area contributed by atoms with Gasteiger partial charge >= 0.3 is 0 Å². The highest BCUT2D eigenvalue weighted by molar-refractivity contribution is 7.85. The lowest BCUT2D eigenvalue weighted by atomic mass is 9.65. The number of aromatic nitrogens is 3. The molecule has 1 fully saturated rings. The van der Waals surface area contributed by atoms with Gasteiger partial charge in [0.05, 0.1) is 0 Å². The van der Waals surface area contributed by atoms with Gasteiger partial charge in [-0.2, -0.15) is 0 Å². The predicted molar refractivity (Wildman–Crippen MR) is 343 cm³/mol. The first-order chi connectivity index (χ1) is 40.5. The normalized spacial score (nSPS) is 13.3. The third kappa shape index (κ3) is 9.26. The fraction of sp³-hybridized carbons (Fsp3) is 0.0779. The molecule has 0 aliphatic heterocycles. The highest BCUT2D eigenvalue weighted by Gasteiger charge is 2.36. The highest BCUT2D eigenvalue weighted by atomic mass is 31.2. The monoisotopic (exact) mass is 1070 g/mol. The first kappa shape index (κ1) is 50.6. The summed E-state index contributed by atoms with van der Waals surface area (Å²) in [5.41, 5.74) is 14.5. The predicted octanol–water partition coefficient (Wildman–Crippen LogP) is 18.7. The highest BCUT2D eigenvalue weighted by Crippen LogP contribution is 2.49. The van der Waals surface area contributed by atoms with E-state index in [0.29, 0.717) is 17.5 Å². The maximum absolute atomic E-state index is 15.4. The smallest absolute Gasteiger partial charge is 0.171 e. The van der Waals surface area contributed by atoms with Gasteiger partial charge in [-0.25, -0.2) is 15.0 Å². The summed E-state index contributed by atoms with van der Waals surface area (Å²) in [7, 11) is -3.14. The second-order valence-corrected chi connectivity index (χ2v) is 24.4. The molecule has 14 rings (SSSR count). The first-order valence-electron chi connectivity index (χ1n) is 28.6. The van der Waals surface area contributed by atoms with Crippen LogP contribution in [0.15, 0.2) is 291 Å². The van der Waals surface area contributed by atoms with E-state index in [-0.39, 0.29) is 5.41 Å². The fourth-order valence-corrected chi connectivity index (χ4v) is 15.5. The number of rotatable bonds is 12. The van der Waals surface area contributed by atoms with E-state index >= 15 is 4.57 Å². The van der Waals surface area contributed by atoms with E-state index in [0.717, 1.165) is 67.7 Å². The van der Waals surface area contributed by atoms with Crippen LogP contribution in [0.2, 0.25) is 0 Å². The average molecular weight is 1070 g/mol. The van der Waals surface area contributed by atoms with Crippen LogP contribution in [-0.4, -0.2) is 15.0 Å². The zero-order valence-corrected chi connectivity index (χ0v) is 46.3. The molecule has 0 amide bonds. The SMILES string of the molecule is O=P(c1ccccc1)(c1ccccc1)c1ccc(-c2c3ccccc3c(-c3ccc(C4(c5ccc(-c6nc(-c7ccc(-c8ccccc8)cc7)nc(-c7ccccc7-c7ccccc7)n6)cc5)CCCCC4)cc3)c3ccccc23)cc1. The van der Waals surface area contributed by atoms with Crippen molar-refractivity contribution in [1.29, 1.82) is 0 Å². The summed E-state index contributed by atoms with van der Waals surface area (Å²) in [6.07, 6.45) is 5.72. The van der Waals surface area contributed by atoms with E-state index in [1.54, 1.807) is 0 Å². The Kier molecular flexibility index (Phi) is 13.5. The zero-order chi connectivity index (χ0) is 54.9. The number of fused-ring (bicyclic) bond motifs is 2. The molecule has 1 aliphatic rings. The lowest BCUT2D eigenvalue weighted by Gasteiger charge is -2.39. The van der Waals surface area contributed by atoms with Crippen molar-refractivity contribution in [3.8, 4) is 78.7 Å². The van der Waals surface area contributed by atoms with E-state index in [9.17, 15) is 0 Å². The van der Waals surface area contributed by atoms with Crippen LogP contribution in [0.25, 0.3) is 100 Å². The molecule has 0 saturated heterocycles. The summed E-state index contributed by atoms with van der Waals surface area (Å²) in [6, 6.07) is 103. The van der Waals surface area contributed by atoms with Gasteiger partial charge in [0.25, 0.3) is 0 Å². The van der Waals surface area contributed by atoms with Gasteiger partial charge in [-0.15, -0.1) is 0 Å². The molecule has 82 heavy (non-hydrogen) atoms. The molecule has 12 aromatic carbocycles. The number of hydrogen-bond donors (Lipinski definition) is 0. The molecule has 4 nitrogen and oxygen atoms in total. The first-order valence-corrected chi connectivity index (χ1v) is 30.3. The van der Waals surface area contributed by atoms with Crippen molar-refractivity contribution in [2.45, 2.75) is 37.5 Å². The minimum atomic E-state index is -3.14. The van der Waals surface area contributed by atoms with Gasteiger partial charge < -0.3 is 4.57 Å². The van der Waals surface area contributed by atoms with Crippen LogP contribution >= 0.6 is 7.14 Å². The topological polar surface area (TPSA) is 55.7 Å². The van der Waals surface area contributed by atoms with Gasteiger partial charge in [0, 0.05) is 38.0 Å². The van der Waals surface area contributed by atoms with Gasteiger partial charge in [-0.05, 0) is 90.0 Å². The van der Waals surface area contributed by atoms with Crippen molar-refractivity contribution < 1.29 is 4.57 Å². The fourth-order valence-electron chi connectivity index (χ4n) is 12.8. The van der Waals surface area contributed by atoms with E-state index in [1.807, 2.05) is 72.8 Å². The third-order valence-corrected chi connectivity index (χ3v) is 20.0. The van der Waals surface area contributed by atoms with Crippen molar-refractivity contribution in [3.63, 3.8) is 0 Å². The van der Waals surface area contributed by atoms with E-state index in [4.69, 9.17) is 15.0 Å². The molecule has 1 aromatic heterocycles.